The summed E-state index contributed by atoms with van der Waals surface area (Å²) in [7, 11) is 0. The molecule has 0 spiro atoms. The number of aliphatic carboxylic acids is 1. The van der Waals surface area contributed by atoms with Gasteiger partial charge in [-0.1, -0.05) is 13.0 Å². The van der Waals surface area contributed by atoms with E-state index in [1.807, 2.05) is 31.4 Å². The summed E-state index contributed by atoms with van der Waals surface area (Å²) >= 11 is 1.50. The molecular formula is C13H16N2O2S. The van der Waals surface area contributed by atoms with Gasteiger partial charge in [0, 0.05) is 10.9 Å². The molecule has 0 saturated carbocycles. The molecule has 96 valence electrons. The van der Waals surface area contributed by atoms with E-state index in [2.05, 4.69) is 11.4 Å². The molecule has 1 atom stereocenters. The zero-order valence-electron chi connectivity index (χ0n) is 10.4. The minimum absolute atomic E-state index is 0.0465. The number of carboxylic acids is 1. The molecule has 0 bridgehead atoms. The number of nitrogens with one attached hydrogen (secondary N) is 1. The van der Waals surface area contributed by atoms with Crippen LogP contribution in [-0.2, 0) is 4.79 Å². The van der Waals surface area contributed by atoms with Crippen molar-refractivity contribution in [3.63, 3.8) is 0 Å². The molecule has 1 rings (SSSR count). The molecule has 0 saturated heterocycles. The van der Waals surface area contributed by atoms with Crippen molar-refractivity contribution in [2.45, 2.75) is 30.7 Å². The molecule has 5 heteroatoms. The maximum Gasteiger partial charge on any atom is 0.305 e. The highest BCUT2D eigenvalue weighted by Gasteiger charge is 2.14. The number of nitriles is 1. The number of anilines is 1. The molecule has 2 N–H and O–H groups in total. The van der Waals surface area contributed by atoms with Crippen molar-refractivity contribution >= 4 is 23.4 Å². The fraction of sp³-hybridized carbons (Fsp3) is 0.385. The zero-order valence-corrected chi connectivity index (χ0v) is 11.3. The van der Waals surface area contributed by atoms with Crippen LogP contribution in [0.25, 0.3) is 0 Å². The Hall–Kier alpha value is -1.67. The van der Waals surface area contributed by atoms with Crippen molar-refractivity contribution in [3.8, 4) is 6.07 Å². The van der Waals surface area contributed by atoms with Crippen molar-refractivity contribution < 1.29 is 9.90 Å². The number of hydrogen-bond acceptors (Lipinski definition) is 4. The van der Waals surface area contributed by atoms with Crippen LogP contribution in [-0.4, -0.2) is 23.4 Å². The summed E-state index contributed by atoms with van der Waals surface area (Å²) in [5.74, 6) is -0.839. The highest BCUT2D eigenvalue weighted by molar-refractivity contribution is 7.98. The lowest BCUT2D eigenvalue weighted by Crippen LogP contribution is -2.22. The average molecular weight is 264 g/mol. The second-order valence-corrected chi connectivity index (χ2v) is 4.69. The highest BCUT2D eigenvalue weighted by atomic mass is 32.2. The van der Waals surface area contributed by atoms with E-state index >= 15 is 0 Å². The predicted octanol–water partition coefficient (Wildman–Crippen LogP) is 2.95. The lowest BCUT2D eigenvalue weighted by atomic mass is 10.1. The van der Waals surface area contributed by atoms with E-state index in [4.69, 9.17) is 5.11 Å². The van der Waals surface area contributed by atoms with Crippen LogP contribution in [0, 0.1) is 11.3 Å². The van der Waals surface area contributed by atoms with Crippen LogP contribution in [0.15, 0.2) is 23.1 Å². The van der Waals surface area contributed by atoms with Gasteiger partial charge >= 0.3 is 5.97 Å². The summed E-state index contributed by atoms with van der Waals surface area (Å²) < 4.78 is 0. The van der Waals surface area contributed by atoms with E-state index in [1.54, 1.807) is 0 Å². The number of rotatable bonds is 6. The molecule has 0 aliphatic heterocycles. The number of carbonyl (C=O) groups is 1. The minimum atomic E-state index is -0.839. The largest absolute Gasteiger partial charge is 0.481 e. The number of thioether (sulfide) groups is 1. The van der Waals surface area contributed by atoms with E-state index in [1.165, 1.54) is 11.8 Å². The fourth-order valence-corrected chi connectivity index (χ4v) is 2.24. The highest BCUT2D eigenvalue weighted by Crippen LogP contribution is 2.27. The monoisotopic (exact) mass is 264 g/mol. The predicted molar refractivity (Wildman–Crippen MR) is 72.9 cm³/mol. The Morgan fingerprint density at radius 3 is 2.83 bits per heavy atom. The SMILES string of the molecule is CCC(CC(=O)O)Nc1cccc(SC)c1C#N. The first-order valence-corrected chi connectivity index (χ1v) is 6.90. The van der Waals surface area contributed by atoms with Crippen molar-refractivity contribution in [1.29, 1.82) is 5.26 Å². The summed E-state index contributed by atoms with van der Waals surface area (Å²) in [4.78, 5) is 11.6. The third-order valence-corrected chi connectivity index (χ3v) is 3.41. The Morgan fingerprint density at radius 2 is 2.33 bits per heavy atom. The third kappa shape index (κ3) is 3.67. The molecule has 4 nitrogen and oxygen atoms in total. The van der Waals surface area contributed by atoms with Crippen LogP contribution < -0.4 is 5.32 Å². The van der Waals surface area contributed by atoms with E-state index in [0.717, 1.165) is 4.90 Å². The van der Waals surface area contributed by atoms with Gasteiger partial charge in [0.05, 0.1) is 17.7 Å². The average Bonchev–Trinajstić information content (AvgIpc) is 2.36. The summed E-state index contributed by atoms with van der Waals surface area (Å²) in [6, 6.07) is 7.56. The van der Waals surface area contributed by atoms with Gasteiger partial charge in [-0.3, -0.25) is 4.79 Å². The molecule has 1 unspecified atom stereocenters. The topological polar surface area (TPSA) is 73.1 Å². The van der Waals surface area contributed by atoms with Gasteiger partial charge in [-0.2, -0.15) is 5.26 Å². The fourth-order valence-electron chi connectivity index (χ4n) is 1.66. The summed E-state index contributed by atoms with van der Waals surface area (Å²) in [5, 5.41) is 21.1. The van der Waals surface area contributed by atoms with Gasteiger partial charge in [0.2, 0.25) is 0 Å². The first-order chi connectivity index (χ1) is 8.62. The number of nitrogens with zero attached hydrogens (tertiary/aromatic N) is 1. The van der Waals surface area contributed by atoms with Crippen molar-refractivity contribution in [1.82, 2.24) is 0 Å². The Labute approximate surface area is 111 Å². The quantitative estimate of drug-likeness (QED) is 0.773. The van der Waals surface area contributed by atoms with Gasteiger partial charge in [0.15, 0.2) is 0 Å². The minimum Gasteiger partial charge on any atom is -0.481 e. The van der Waals surface area contributed by atoms with Crippen molar-refractivity contribution in [3.05, 3.63) is 23.8 Å². The van der Waals surface area contributed by atoms with Crippen LogP contribution >= 0.6 is 11.8 Å². The van der Waals surface area contributed by atoms with Gasteiger partial charge in [-0.25, -0.2) is 0 Å². The molecule has 0 fully saturated rings. The Kier molecular flexibility index (Phi) is 5.53. The maximum absolute atomic E-state index is 10.7. The summed E-state index contributed by atoms with van der Waals surface area (Å²) in [5.41, 5.74) is 1.28. The van der Waals surface area contributed by atoms with Crippen LogP contribution in [0.1, 0.15) is 25.3 Å². The first-order valence-electron chi connectivity index (χ1n) is 5.67. The molecule has 0 heterocycles. The molecule has 0 aliphatic carbocycles. The lowest BCUT2D eigenvalue weighted by molar-refractivity contribution is -0.137. The molecule has 0 aliphatic rings. The van der Waals surface area contributed by atoms with Crippen LogP contribution in [0.3, 0.4) is 0 Å². The van der Waals surface area contributed by atoms with Gasteiger partial charge in [0.25, 0.3) is 0 Å². The number of carboxylic acid groups (broad SMARTS) is 1. The molecular weight excluding hydrogens is 248 g/mol. The standard InChI is InChI=1S/C13H16N2O2S/c1-3-9(7-13(16)17)15-11-5-4-6-12(18-2)10(11)8-14/h4-6,9,15H,3,7H2,1-2H3,(H,16,17). The molecule has 0 aromatic heterocycles. The normalized spacial score (nSPS) is 11.6. The van der Waals surface area contributed by atoms with E-state index in [-0.39, 0.29) is 12.5 Å². The lowest BCUT2D eigenvalue weighted by Gasteiger charge is -2.18. The van der Waals surface area contributed by atoms with E-state index in [0.29, 0.717) is 17.7 Å². The first kappa shape index (κ1) is 14.4. The van der Waals surface area contributed by atoms with Crippen LogP contribution in [0.2, 0.25) is 0 Å². The second kappa shape index (κ2) is 6.92. The third-order valence-electron chi connectivity index (χ3n) is 2.63. The number of benzene rings is 1. The Balaban J connectivity index is 2.96. The Morgan fingerprint density at radius 1 is 1.61 bits per heavy atom. The molecule has 0 amide bonds. The van der Waals surface area contributed by atoms with E-state index < -0.39 is 5.97 Å². The van der Waals surface area contributed by atoms with E-state index in [9.17, 15) is 10.1 Å². The second-order valence-electron chi connectivity index (χ2n) is 3.84. The van der Waals surface area contributed by atoms with Crippen LogP contribution in [0.4, 0.5) is 5.69 Å². The Bertz CT molecular complexity index is 469. The van der Waals surface area contributed by atoms with Gasteiger partial charge in [-0.15, -0.1) is 11.8 Å². The van der Waals surface area contributed by atoms with Crippen molar-refractivity contribution in [2.75, 3.05) is 11.6 Å². The number of hydrogen-bond donors (Lipinski definition) is 2. The molecule has 0 radical (unpaired) electrons. The molecule has 1 aromatic rings. The van der Waals surface area contributed by atoms with Gasteiger partial charge in [0.1, 0.15) is 6.07 Å². The van der Waals surface area contributed by atoms with Crippen LogP contribution in [0.5, 0.6) is 0 Å². The zero-order chi connectivity index (χ0) is 13.5. The molecule has 1 aromatic carbocycles. The molecule has 18 heavy (non-hydrogen) atoms. The van der Waals surface area contributed by atoms with Gasteiger partial charge < -0.3 is 10.4 Å². The summed E-state index contributed by atoms with van der Waals surface area (Å²) in [6.07, 6.45) is 2.65. The smallest absolute Gasteiger partial charge is 0.305 e. The summed E-state index contributed by atoms with van der Waals surface area (Å²) in [6.45, 7) is 1.92. The maximum atomic E-state index is 10.7. The van der Waals surface area contributed by atoms with Crippen molar-refractivity contribution in [2.24, 2.45) is 0 Å². The van der Waals surface area contributed by atoms with Gasteiger partial charge in [-0.05, 0) is 24.8 Å².